The van der Waals surface area contributed by atoms with Crippen molar-refractivity contribution < 1.29 is 5.11 Å². The van der Waals surface area contributed by atoms with Crippen molar-refractivity contribution in [3.63, 3.8) is 0 Å². The van der Waals surface area contributed by atoms with Crippen LogP contribution in [0.4, 0.5) is 0 Å². The Balaban J connectivity index is 2.10. The number of fused-ring (bicyclic) bond motifs is 2. The summed E-state index contributed by atoms with van der Waals surface area (Å²) in [5, 5.41) is 8.98. The Morgan fingerprint density at radius 2 is 2.00 bits per heavy atom. The van der Waals surface area contributed by atoms with E-state index in [1.165, 1.54) is 19.3 Å². The third-order valence-electron chi connectivity index (χ3n) is 3.37. The summed E-state index contributed by atoms with van der Waals surface area (Å²) in [5.74, 6) is 1.92. The molecular weight excluding hydrogens is 126 g/mol. The molecule has 0 aromatic heterocycles. The average molecular weight is 141 g/mol. The molecule has 58 valence electrons. The topological polar surface area (TPSA) is 46.2 Å². The highest BCUT2D eigenvalue weighted by Crippen LogP contribution is 2.47. The van der Waals surface area contributed by atoms with E-state index in [9.17, 15) is 0 Å². The van der Waals surface area contributed by atoms with Crippen molar-refractivity contribution in [2.45, 2.75) is 25.3 Å². The maximum Gasteiger partial charge on any atom is 0.0476 e. The van der Waals surface area contributed by atoms with Gasteiger partial charge in [-0.15, -0.1) is 0 Å². The van der Waals surface area contributed by atoms with Crippen LogP contribution in [0.1, 0.15) is 19.3 Å². The Hall–Kier alpha value is -0.0800. The predicted molar refractivity (Wildman–Crippen MR) is 39.4 cm³/mol. The van der Waals surface area contributed by atoms with Crippen molar-refractivity contribution in [3.05, 3.63) is 0 Å². The second-order valence-electron chi connectivity index (χ2n) is 3.76. The fourth-order valence-electron chi connectivity index (χ4n) is 2.73. The van der Waals surface area contributed by atoms with Crippen LogP contribution in [0.5, 0.6) is 0 Å². The lowest BCUT2D eigenvalue weighted by Gasteiger charge is -2.25. The van der Waals surface area contributed by atoms with E-state index in [-0.39, 0.29) is 0 Å². The molecule has 0 aromatic rings. The minimum Gasteiger partial charge on any atom is -0.396 e. The van der Waals surface area contributed by atoms with Gasteiger partial charge in [-0.05, 0) is 31.1 Å². The van der Waals surface area contributed by atoms with Crippen molar-refractivity contribution in [2.75, 3.05) is 6.61 Å². The van der Waals surface area contributed by atoms with Gasteiger partial charge < -0.3 is 10.8 Å². The van der Waals surface area contributed by atoms with Crippen molar-refractivity contribution >= 4 is 0 Å². The summed E-state index contributed by atoms with van der Waals surface area (Å²) in [6.07, 6.45) is 3.90. The first kappa shape index (κ1) is 6.62. The van der Waals surface area contributed by atoms with Gasteiger partial charge >= 0.3 is 0 Å². The molecule has 2 nitrogen and oxygen atoms in total. The van der Waals surface area contributed by atoms with Crippen molar-refractivity contribution in [3.8, 4) is 0 Å². The number of aliphatic hydroxyl groups is 1. The van der Waals surface area contributed by atoms with Gasteiger partial charge in [-0.2, -0.15) is 0 Å². The van der Waals surface area contributed by atoms with E-state index in [2.05, 4.69) is 0 Å². The van der Waals surface area contributed by atoms with Crippen molar-refractivity contribution in [2.24, 2.45) is 23.5 Å². The Kier molecular flexibility index (Phi) is 1.46. The monoisotopic (exact) mass is 141 g/mol. The molecule has 2 rings (SSSR count). The molecule has 0 saturated heterocycles. The van der Waals surface area contributed by atoms with Gasteiger partial charge in [0.2, 0.25) is 0 Å². The smallest absolute Gasteiger partial charge is 0.0476 e. The van der Waals surface area contributed by atoms with E-state index in [1.807, 2.05) is 0 Å². The minimum absolute atomic E-state index is 0.308. The lowest BCUT2D eigenvalue weighted by Crippen LogP contribution is -2.37. The van der Waals surface area contributed by atoms with E-state index in [1.54, 1.807) is 0 Å². The number of hydrogen-bond acceptors (Lipinski definition) is 2. The summed E-state index contributed by atoms with van der Waals surface area (Å²) in [6.45, 7) is 0.308. The lowest BCUT2D eigenvalue weighted by atomic mass is 9.86. The Morgan fingerprint density at radius 3 is 2.40 bits per heavy atom. The Bertz CT molecular complexity index is 135. The molecule has 0 aliphatic heterocycles. The Labute approximate surface area is 61.4 Å². The highest BCUT2D eigenvalue weighted by atomic mass is 16.3. The fraction of sp³-hybridized carbons (Fsp3) is 1.00. The molecular formula is C8H15NO. The van der Waals surface area contributed by atoms with Crippen LogP contribution >= 0.6 is 0 Å². The second kappa shape index (κ2) is 2.21. The molecule has 0 unspecified atom stereocenters. The van der Waals surface area contributed by atoms with E-state index >= 15 is 0 Å². The zero-order chi connectivity index (χ0) is 7.14. The predicted octanol–water partition coefficient (Wildman–Crippen LogP) is 0.352. The molecule has 2 heteroatoms. The Morgan fingerprint density at radius 1 is 1.30 bits per heavy atom. The average Bonchev–Trinajstić information content (AvgIpc) is 2.46. The summed E-state index contributed by atoms with van der Waals surface area (Å²) in [7, 11) is 0. The third kappa shape index (κ3) is 0.722. The zero-order valence-corrected chi connectivity index (χ0v) is 6.16. The summed E-state index contributed by atoms with van der Waals surface area (Å²) in [5.41, 5.74) is 5.91. The summed E-state index contributed by atoms with van der Waals surface area (Å²) < 4.78 is 0. The molecule has 2 bridgehead atoms. The molecule has 0 aromatic carbocycles. The van der Waals surface area contributed by atoms with Crippen LogP contribution in [0.15, 0.2) is 0 Å². The maximum atomic E-state index is 8.98. The molecule has 0 spiro atoms. The number of hydrogen-bond donors (Lipinski definition) is 2. The van der Waals surface area contributed by atoms with Gasteiger partial charge in [0.15, 0.2) is 0 Å². The standard InChI is InChI=1S/C8H15NO/c9-8-6-2-1-5(3-6)7(8)4-10/h5-8,10H,1-4,9H2/t5-,6-,7-,8-/m1/s1. The van der Waals surface area contributed by atoms with E-state index < -0.39 is 0 Å². The molecule has 0 amide bonds. The first-order valence-corrected chi connectivity index (χ1v) is 4.19. The van der Waals surface area contributed by atoms with Gasteiger partial charge in [0.1, 0.15) is 0 Å². The zero-order valence-electron chi connectivity index (χ0n) is 6.16. The largest absolute Gasteiger partial charge is 0.396 e. The highest BCUT2D eigenvalue weighted by Gasteiger charge is 2.44. The van der Waals surface area contributed by atoms with Crippen LogP contribution in [-0.4, -0.2) is 17.8 Å². The van der Waals surface area contributed by atoms with Crippen LogP contribution < -0.4 is 5.73 Å². The van der Waals surface area contributed by atoms with Gasteiger partial charge in [-0.3, -0.25) is 0 Å². The molecule has 2 aliphatic carbocycles. The number of rotatable bonds is 1. The first-order chi connectivity index (χ1) is 4.83. The van der Waals surface area contributed by atoms with Gasteiger partial charge in [-0.1, -0.05) is 0 Å². The molecule has 0 radical (unpaired) electrons. The molecule has 2 aliphatic rings. The number of nitrogens with two attached hydrogens (primary N) is 1. The maximum absolute atomic E-state index is 8.98. The van der Waals surface area contributed by atoms with Gasteiger partial charge in [0.05, 0.1) is 0 Å². The second-order valence-corrected chi connectivity index (χ2v) is 3.76. The first-order valence-electron chi connectivity index (χ1n) is 4.19. The van der Waals surface area contributed by atoms with E-state index in [4.69, 9.17) is 10.8 Å². The van der Waals surface area contributed by atoms with Gasteiger partial charge in [0, 0.05) is 18.6 Å². The SMILES string of the molecule is N[C@@H]1[C@@H]2CC[C@H](C2)[C@H]1CO. The van der Waals surface area contributed by atoms with Crippen LogP contribution in [0.3, 0.4) is 0 Å². The molecule has 10 heavy (non-hydrogen) atoms. The van der Waals surface area contributed by atoms with Crippen LogP contribution in [-0.2, 0) is 0 Å². The van der Waals surface area contributed by atoms with Crippen LogP contribution in [0.25, 0.3) is 0 Å². The lowest BCUT2D eigenvalue weighted by molar-refractivity contribution is 0.159. The minimum atomic E-state index is 0.308. The quantitative estimate of drug-likeness (QED) is 0.553. The highest BCUT2D eigenvalue weighted by molar-refractivity contribution is 4.98. The van der Waals surface area contributed by atoms with Gasteiger partial charge in [0.25, 0.3) is 0 Å². The third-order valence-corrected chi connectivity index (χ3v) is 3.37. The normalized spacial score (nSPS) is 52.2. The van der Waals surface area contributed by atoms with Crippen molar-refractivity contribution in [1.29, 1.82) is 0 Å². The van der Waals surface area contributed by atoms with Crippen molar-refractivity contribution in [1.82, 2.24) is 0 Å². The number of aliphatic hydroxyl groups excluding tert-OH is 1. The van der Waals surface area contributed by atoms with Crippen LogP contribution in [0.2, 0.25) is 0 Å². The van der Waals surface area contributed by atoms with E-state index in [0.29, 0.717) is 18.6 Å². The van der Waals surface area contributed by atoms with E-state index in [0.717, 1.165) is 11.8 Å². The van der Waals surface area contributed by atoms with Gasteiger partial charge in [-0.25, -0.2) is 0 Å². The summed E-state index contributed by atoms with van der Waals surface area (Å²) in [4.78, 5) is 0. The molecule has 0 heterocycles. The van der Waals surface area contributed by atoms with Crippen LogP contribution in [0, 0.1) is 17.8 Å². The molecule has 2 saturated carbocycles. The molecule has 4 atom stereocenters. The summed E-state index contributed by atoms with van der Waals surface area (Å²) >= 11 is 0. The molecule has 3 N–H and O–H groups in total. The summed E-state index contributed by atoms with van der Waals surface area (Å²) in [6, 6.07) is 0.309. The molecule has 2 fully saturated rings. The fourth-order valence-corrected chi connectivity index (χ4v) is 2.73.